The summed E-state index contributed by atoms with van der Waals surface area (Å²) in [5.41, 5.74) is -0.234. The highest BCUT2D eigenvalue weighted by molar-refractivity contribution is 9.10. The number of anilines is 1. The van der Waals surface area contributed by atoms with E-state index >= 15 is 0 Å². The lowest BCUT2D eigenvalue weighted by molar-refractivity contribution is 0.102. The highest BCUT2D eigenvalue weighted by Gasteiger charge is 2.20. The number of halogens is 4. The molecule has 1 heterocycles. The van der Waals surface area contributed by atoms with Crippen LogP contribution in [-0.2, 0) is 0 Å². The molecular formula is C14H6BrF3N2O2. The molecule has 4 nitrogen and oxygen atoms in total. The summed E-state index contributed by atoms with van der Waals surface area (Å²) in [6.07, 6.45) is 0. The van der Waals surface area contributed by atoms with Crippen LogP contribution in [0.25, 0.3) is 11.0 Å². The SMILES string of the molecule is O=C(Nc1noc2cc(Br)ccc12)c1ccc(F)c(F)c1F. The lowest BCUT2D eigenvalue weighted by atomic mass is 10.2. The Morgan fingerprint density at radius 3 is 2.68 bits per heavy atom. The van der Waals surface area contributed by atoms with E-state index in [-0.39, 0.29) is 5.82 Å². The molecule has 8 heteroatoms. The van der Waals surface area contributed by atoms with Gasteiger partial charge in [0.1, 0.15) is 0 Å². The van der Waals surface area contributed by atoms with Crippen molar-refractivity contribution in [3.05, 3.63) is 57.8 Å². The number of carbonyl (C=O) groups excluding carboxylic acids is 1. The molecule has 0 aliphatic carbocycles. The van der Waals surface area contributed by atoms with Crippen LogP contribution in [0.15, 0.2) is 39.3 Å². The van der Waals surface area contributed by atoms with Crippen molar-refractivity contribution in [1.29, 1.82) is 0 Å². The number of fused-ring (bicyclic) bond motifs is 1. The third-order valence-corrected chi connectivity index (χ3v) is 3.44. The van der Waals surface area contributed by atoms with Crippen LogP contribution in [0.3, 0.4) is 0 Å². The Morgan fingerprint density at radius 2 is 1.91 bits per heavy atom. The third-order valence-electron chi connectivity index (χ3n) is 2.95. The van der Waals surface area contributed by atoms with E-state index in [4.69, 9.17) is 4.52 Å². The average molecular weight is 371 g/mol. The van der Waals surface area contributed by atoms with Gasteiger partial charge in [-0.3, -0.25) is 4.79 Å². The molecule has 22 heavy (non-hydrogen) atoms. The van der Waals surface area contributed by atoms with Crippen molar-refractivity contribution in [2.24, 2.45) is 0 Å². The smallest absolute Gasteiger partial charge is 0.260 e. The predicted octanol–water partition coefficient (Wildman–Crippen LogP) is 4.26. The molecule has 3 rings (SSSR count). The molecule has 0 saturated heterocycles. The number of rotatable bonds is 2. The second-order valence-corrected chi connectivity index (χ2v) is 5.26. The number of aromatic nitrogens is 1. The van der Waals surface area contributed by atoms with Crippen molar-refractivity contribution < 1.29 is 22.5 Å². The van der Waals surface area contributed by atoms with Crippen molar-refractivity contribution in [3.63, 3.8) is 0 Å². The van der Waals surface area contributed by atoms with Gasteiger partial charge in [-0.05, 0) is 30.3 Å². The minimum atomic E-state index is -1.71. The topological polar surface area (TPSA) is 55.1 Å². The molecule has 1 amide bonds. The summed E-state index contributed by atoms with van der Waals surface area (Å²) in [7, 11) is 0. The number of hydrogen-bond acceptors (Lipinski definition) is 3. The van der Waals surface area contributed by atoms with Gasteiger partial charge in [0.05, 0.1) is 10.9 Å². The van der Waals surface area contributed by atoms with Gasteiger partial charge in [0, 0.05) is 4.47 Å². The molecule has 1 aromatic heterocycles. The van der Waals surface area contributed by atoms with Gasteiger partial charge < -0.3 is 9.84 Å². The van der Waals surface area contributed by atoms with Gasteiger partial charge in [0.25, 0.3) is 5.91 Å². The van der Waals surface area contributed by atoms with E-state index in [1.807, 2.05) is 0 Å². The van der Waals surface area contributed by atoms with Crippen molar-refractivity contribution in [2.75, 3.05) is 5.32 Å². The Kier molecular flexibility index (Phi) is 3.61. The predicted molar refractivity (Wildman–Crippen MR) is 76.0 cm³/mol. The van der Waals surface area contributed by atoms with Crippen molar-refractivity contribution in [3.8, 4) is 0 Å². The summed E-state index contributed by atoms with van der Waals surface area (Å²) >= 11 is 3.25. The van der Waals surface area contributed by atoms with Crippen molar-refractivity contribution >= 4 is 38.6 Å². The summed E-state index contributed by atoms with van der Waals surface area (Å²) in [6.45, 7) is 0. The number of nitrogens with zero attached hydrogens (tertiary/aromatic N) is 1. The highest BCUT2D eigenvalue weighted by atomic mass is 79.9. The lowest BCUT2D eigenvalue weighted by Gasteiger charge is -2.04. The van der Waals surface area contributed by atoms with E-state index in [0.29, 0.717) is 17.0 Å². The molecule has 2 aromatic carbocycles. The molecule has 0 unspecified atom stereocenters. The van der Waals surface area contributed by atoms with Gasteiger partial charge in [-0.1, -0.05) is 21.1 Å². The Hall–Kier alpha value is -2.35. The Morgan fingerprint density at radius 1 is 1.14 bits per heavy atom. The maximum atomic E-state index is 13.6. The van der Waals surface area contributed by atoms with Crippen LogP contribution in [0.4, 0.5) is 19.0 Å². The normalized spacial score (nSPS) is 10.9. The number of carbonyl (C=O) groups is 1. The van der Waals surface area contributed by atoms with Crippen LogP contribution >= 0.6 is 15.9 Å². The summed E-state index contributed by atoms with van der Waals surface area (Å²) in [5, 5.41) is 6.44. The minimum Gasteiger partial charge on any atom is -0.354 e. The standard InChI is InChI=1S/C14H6BrF3N2O2/c15-6-1-2-7-10(5-6)22-20-13(7)19-14(21)8-3-4-9(16)12(18)11(8)17/h1-5H,(H,19,20,21). The lowest BCUT2D eigenvalue weighted by Crippen LogP contribution is -2.15. The maximum Gasteiger partial charge on any atom is 0.260 e. The number of benzene rings is 2. The summed E-state index contributed by atoms with van der Waals surface area (Å²) < 4.78 is 45.4. The van der Waals surface area contributed by atoms with Crippen molar-refractivity contribution in [1.82, 2.24) is 5.16 Å². The Bertz CT molecular complexity index is 895. The second kappa shape index (κ2) is 5.45. The summed E-state index contributed by atoms with van der Waals surface area (Å²) in [6, 6.07) is 6.49. The molecular weight excluding hydrogens is 365 g/mol. The molecule has 0 bridgehead atoms. The number of hydrogen-bond donors (Lipinski definition) is 1. The molecule has 3 aromatic rings. The highest BCUT2D eigenvalue weighted by Crippen LogP contribution is 2.26. The van der Waals surface area contributed by atoms with E-state index in [2.05, 4.69) is 26.4 Å². The van der Waals surface area contributed by atoms with Gasteiger partial charge in [0.15, 0.2) is 28.9 Å². The average Bonchev–Trinajstić information content (AvgIpc) is 2.87. The molecule has 1 N–H and O–H groups in total. The zero-order chi connectivity index (χ0) is 15.9. The van der Waals surface area contributed by atoms with E-state index in [1.54, 1.807) is 18.2 Å². The first kappa shape index (κ1) is 14.6. The monoisotopic (exact) mass is 370 g/mol. The summed E-state index contributed by atoms with van der Waals surface area (Å²) in [5.74, 6) is -5.55. The van der Waals surface area contributed by atoms with E-state index in [1.165, 1.54) is 0 Å². The van der Waals surface area contributed by atoms with Crippen LogP contribution < -0.4 is 5.32 Å². The van der Waals surface area contributed by atoms with Crippen LogP contribution in [0.2, 0.25) is 0 Å². The molecule has 0 atom stereocenters. The maximum absolute atomic E-state index is 13.6. The van der Waals surface area contributed by atoms with E-state index in [9.17, 15) is 18.0 Å². The molecule has 0 fully saturated rings. The molecule has 0 radical (unpaired) electrons. The summed E-state index contributed by atoms with van der Waals surface area (Å²) in [4.78, 5) is 12.0. The quantitative estimate of drug-likeness (QED) is 0.685. The third kappa shape index (κ3) is 2.45. The largest absolute Gasteiger partial charge is 0.354 e. The number of amides is 1. The minimum absolute atomic E-state index is 0.0524. The fourth-order valence-electron chi connectivity index (χ4n) is 1.88. The first-order chi connectivity index (χ1) is 10.5. The molecule has 0 spiro atoms. The first-order valence-electron chi connectivity index (χ1n) is 5.97. The Balaban J connectivity index is 1.95. The fourth-order valence-corrected chi connectivity index (χ4v) is 2.22. The molecule has 0 aliphatic heterocycles. The fraction of sp³-hybridized carbons (Fsp3) is 0. The van der Waals surface area contributed by atoms with Crippen LogP contribution in [-0.4, -0.2) is 11.1 Å². The van der Waals surface area contributed by atoms with Gasteiger partial charge in [-0.25, -0.2) is 13.2 Å². The van der Waals surface area contributed by atoms with Crippen LogP contribution in [0, 0.1) is 17.5 Å². The van der Waals surface area contributed by atoms with Gasteiger partial charge in [0.2, 0.25) is 0 Å². The molecule has 0 aliphatic rings. The van der Waals surface area contributed by atoms with E-state index < -0.39 is 28.9 Å². The zero-order valence-corrected chi connectivity index (χ0v) is 12.2. The number of nitrogens with one attached hydrogen (secondary N) is 1. The van der Waals surface area contributed by atoms with E-state index in [0.717, 1.165) is 10.5 Å². The second-order valence-electron chi connectivity index (χ2n) is 4.35. The molecule has 0 saturated carbocycles. The first-order valence-corrected chi connectivity index (χ1v) is 6.76. The van der Waals surface area contributed by atoms with Gasteiger partial charge >= 0.3 is 0 Å². The van der Waals surface area contributed by atoms with Crippen LogP contribution in [0.5, 0.6) is 0 Å². The Labute approximate surface area is 130 Å². The van der Waals surface area contributed by atoms with Crippen molar-refractivity contribution in [2.45, 2.75) is 0 Å². The van der Waals surface area contributed by atoms with Gasteiger partial charge in [-0.15, -0.1) is 0 Å². The van der Waals surface area contributed by atoms with Crippen LogP contribution in [0.1, 0.15) is 10.4 Å². The molecule has 112 valence electrons. The van der Waals surface area contributed by atoms with Gasteiger partial charge in [-0.2, -0.15) is 0 Å². The zero-order valence-electron chi connectivity index (χ0n) is 10.7.